The average molecular weight is 497 g/mol. The van der Waals surface area contributed by atoms with Gasteiger partial charge in [-0.25, -0.2) is 19.6 Å². The van der Waals surface area contributed by atoms with Crippen LogP contribution in [-0.2, 0) is 0 Å². The number of carbonyl (C=O) groups is 2. The van der Waals surface area contributed by atoms with E-state index in [1.54, 1.807) is 0 Å². The number of ether oxygens (including phenoxy) is 2. The lowest BCUT2D eigenvalue weighted by molar-refractivity contribution is 0.0721. The minimum Gasteiger partial charge on any atom is -0.422 e. The molecule has 10 nitrogen and oxygen atoms in total. The second kappa shape index (κ2) is 8.25. The smallest absolute Gasteiger partial charge is 0.364 e. The van der Waals surface area contributed by atoms with Crippen LogP contribution >= 0.6 is 23.2 Å². The van der Waals surface area contributed by atoms with Gasteiger partial charge in [0, 0.05) is 10.0 Å². The number of hydrogen-bond donors (Lipinski definition) is 0. The van der Waals surface area contributed by atoms with E-state index in [9.17, 15) is 19.2 Å². The Hall–Kier alpha value is -4.28. The number of rotatable bonds is 4. The molecule has 0 radical (unpaired) electrons. The van der Waals surface area contributed by atoms with Crippen molar-refractivity contribution in [3.63, 3.8) is 0 Å². The summed E-state index contributed by atoms with van der Waals surface area (Å²) in [5.41, 5.74) is -3.00. The first-order valence-electron chi connectivity index (χ1n) is 9.53. The maximum Gasteiger partial charge on any atom is 0.364 e. The van der Waals surface area contributed by atoms with Crippen LogP contribution in [0.5, 0.6) is 11.5 Å². The van der Waals surface area contributed by atoms with E-state index in [1.165, 1.54) is 48.5 Å². The van der Waals surface area contributed by atoms with E-state index in [4.69, 9.17) is 32.7 Å². The summed E-state index contributed by atoms with van der Waals surface area (Å²) in [6.07, 6.45) is 2.00. The van der Waals surface area contributed by atoms with Crippen LogP contribution in [0.2, 0.25) is 10.0 Å². The van der Waals surface area contributed by atoms with Crippen molar-refractivity contribution in [3.8, 4) is 11.5 Å². The van der Waals surface area contributed by atoms with Gasteiger partial charge in [0.05, 0.1) is 0 Å². The molecule has 3 heterocycles. The van der Waals surface area contributed by atoms with E-state index >= 15 is 0 Å². The van der Waals surface area contributed by atoms with E-state index in [0.29, 0.717) is 10.0 Å². The van der Waals surface area contributed by atoms with Crippen LogP contribution in [0.25, 0.3) is 11.0 Å². The predicted molar refractivity (Wildman–Crippen MR) is 120 cm³/mol. The molecule has 0 fully saturated rings. The topological polar surface area (TPSA) is 121 Å². The Morgan fingerprint density at radius 3 is 1.35 bits per heavy atom. The molecule has 0 N–H and O–H groups in total. The monoisotopic (exact) mass is 496 g/mol. The SMILES string of the molecule is O=C(Oc1ccc(Cl)cc1)c1ncn2c(=O)c3c(C(=O)Oc4ccc(Cl)cc4)ncn3c(=O)c12. The van der Waals surface area contributed by atoms with Gasteiger partial charge in [-0.15, -0.1) is 0 Å². The molecule has 0 aliphatic carbocycles. The molecule has 168 valence electrons. The summed E-state index contributed by atoms with van der Waals surface area (Å²) in [6.45, 7) is 0. The van der Waals surface area contributed by atoms with Crippen molar-refractivity contribution in [2.24, 2.45) is 0 Å². The molecule has 5 aromatic rings. The molecule has 5 rings (SSSR count). The van der Waals surface area contributed by atoms with Gasteiger partial charge in [-0.1, -0.05) is 23.2 Å². The van der Waals surface area contributed by atoms with Crippen molar-refractivity contribution < 1.29 is 19.1 Å². The zero-order chi connectivity index (χ0) is 24.0. The van der Waals surface area contributed by atoms with Crippen molar-refractivity contribution in [1.29, 1.82) is 0 Å². The Bertz CT molecular complexity index is 1570. The molecule has 0 aliphatic rings. The molecule has 0 amide bonds. The van der Waals surface area contributed by atoms with Gasteiger partial charge < -0.3 is 9.47 Å². The number of halogens is 2. The van der Waals surface area contributed by atoms with Gasteiger partial charge in [0.1, 0.15) is 35.2 Å². The van der Waals surface area contributed by atoms with Crippen molar-refractivity contribution in [2.45, 2.75) is 0 Å². The van der Waals surface area contributed by atoms with Crippen molar-refractivity contribution >= 4 is 46.2 Å². The zero-order valence-corrected chi connectivity index (χ0v) is 18.3. The number of nitrogens with zero attached hydrogens (tertiary/aromatic N) is 4. The molecule has 0 aliphatic heterocycles. The first-order chi connectivity index (χ1) is 16.3. The highest BCUT2D eigenvalue weighted by Crippen LogP contribution is 2.19. The van der Waals surface area contributed by atoms with E-state index in [2.05, 4.69) is 9.97 Å². The van der Waals surface area contributed by atoms with E-state index in [0.717, 1.165) is 21.5 Å². The summed E-state index contributed by atoms with van der Waals surface area (Å²) in [4.78, 5) is 59.2. The van der Waals surface area contributed by atoms with Gasteiger partial charge in [-0.05, 0) is 48.5 Å². The number of carbonyl (C=O) groups excluding carboxylic acids is 2. The molecular formula is C22H10Cl2N4O6. The zero-order valence-electron chi connectivity index (χ0n) is 16.8. The number of fused-ring (bicyclic) bond motifs is 2. The number of hydrogen-bond acceptors (Lipinski definition) is 8. The maximum absolute atomic E-state index is 13.1. The van der Waals surface area contributed by atoms with E-state index in [-0.39, 0.29) is 33.9 Å². The Labute approximate surface area is 198 Å². The Morgan fingerprint density at radius 2 is 1.00 bits per heavy atom. The number of esters is 2. The van der Waals surface area contributed by atoms with Gasteiger partial charge in [0.2, 0.25) is 0 Å². The molecule has 0 saturated heterocycles. The average Bonchev–Trinajstić information content (AvgIpc) is 3.46. The number of imidazole rings is 2. The normalized spacial score (nSPS) is 11.1. The van der Waals surface area contributed by atoms with Crippen LogP contribution in [0, 0.1) is 0 Å². The van der Waals surface area contributed by atoms with Gasteiger partial charge in [-0.2, -0.15) is 0 Å². The first-order valence-corrected chi connectivity index (χ1v) is 10.3. The van der Waals surface area contributed by atoms with Crippen LogP contribution in [0.3, 0.4) is 0 Å². The molecule has 0 atom stereocenters. The Morgan fingerprint density at radius 1 is 0.647 bits per heavy atom. The number of benzene rings is 2. The largest absolute Gasteiger partial charge is 0.422 e. The molecule has 0 bridgehead atoms. The highest BCUT2D eigenvalue weighted by atomic mass is 35.5. The quantitative estimate of drug-likeness (QED) is 0.275. The summed E-state index contributed by atoms with van der Waals surface area (Å²) in [5.74, 6) is -1.58. The van der Waals surface area contributed by atoms with Gasteiger partial charge in [-0.3, -0.25) is 18.4 Å². The molecule has 0 saturated carbocycles. The Kier molecular flexibility index (Phi) is 5.23. The fraction of sp³-hybridized carbons (Fsp3) is 0. The number of aromatic nitrogens is 4. The van der Waals surface area contributed by atoms with Crippen LogP contribution in [0.4, 0.5) is 0 Å². The molecular weight excluding hydrogens is 487 g/mol. The first kappa shape index (κ1) is 21.6. The highest BCUT2D eigenvalue weighted by Gasteiger charge is 2.26. The second-order valence-corrected chi connectivity index (χ2v) is 7.79. The fourth-order valence-corrected chi connectivity index (χ4v) is 3.51. The highest BCUT2D eigenvalue weighted by molar-refractivity contribution is 6.30. The van der Waals surface area contributed by atoms with Crippen LogP contribution in [-0.4, -0.2) is 30.7 Å². The third-order valence-corrected chi connectivity index (χ3v) is 5.32. The van der Waals surface area contributed by atoms with Crippen LogP contribution < -0.4 is 20.6 Å². The van der Waals surface area contributed by atoms with E-state index < -0.39 is 23.1 Å². The van der Waals surface area contributed by atoms with Gasteiger partial charge >= 0.3 is 11.9 Å². The van der Waals surface area contributed by atoms with Crippen molar-refractivity contribution in [2.75, 3.05) is 0 Å². The van der Waals surface area contributed by atoms with Gasteiger partial charge in [0.15, 0.2) is 11.4 Å². The lowest BCUT2D eigenvalue weighted by Crippen LogP contribution is -2.28. The van der Waals surface area contributed by atoms with Crippen LogP contribution in [0.15, 0.2) is 70.8 Å². The molecule has 3 aromatic heterocycles. The Balaban J connectivity index is 1.56. The molecule has 2 aromatic carbocycles. The summed E-state index contributed by atoms with van der Waals surface area (Å²) < 4.78 is 12.2. The van der Waals surface area contributed by atoms with Crippen LogP contribution in [0.1, 0.15) is 21.0 Å². The fourth-order valence-electron chi connectivity index (χ4n) is 3.26. The summed E-state index contributed by atoms with van der Waals surface area (Å²) >= 11 is 11.6. The third kappa shape index (κ3) is 3.64. The lowest BCUT2D eigenvalue weighted by atomic mass is 10.3. The van der Waals surface area contributed by atoms with Crippen molar-refractivity contribution in [3.05, 3.63) is 103 Å². The summed E-state index contributed by atoms with van der Waals surface area (Å²) in [6, 6.07) is 11.9. The molecule has 0 unspecified atom stereocenters. The van der Waals surface area contributed by atoms with Gasteiger partial charge in [0.25, 0.3) is 11.1 Å². The molecule has 12 heteroatoms. The predicted octanol–water partition coefficient (Wildman–Crippen LogP) is 2.89. The second-order valence-electron chi connectivity index (χ2n) is 6.92. The third-order valence-electron chi connectivity index (χ3n) is 4.81. The summed E-state index contributed by atoms with van der Waals surface area (Å²) in [7, 11) is 0. The minimum absolute atomic E-state index is 0.168. The lowest BCUT2D eigenvalue weighted by Gasteiger charge is -2.04. The summed E-state index contributed by atoms with van der Waals surface area (Å²) in [5, 5.41) is 0.885. The van der Waals surface area contributed by atoms with Crippen molar-refractivity contribution in [1.82, 2.24) is 18.8 Å². The standard InChI is InChI=1S/C22H10Cl2N4O6/c23-11-1-5-13(6-2-11)33-21(31)15-17-19(29)28-10-26-16(18(28)20(30)27(17)9-25-15)22(32)34-14-7-3-12(24)4-8-14/h1-10H. The maximum atomic E-state index is 13.1. The minimum atomic E-state index is -0.955. The van der Waals surface area contributed by atoms with E-state index in [1.807, 2.05) is 0 Å². The molecule has 34 heavy (non-hydrogen) atoms. The molecule has 0 spiro atoms.